The lowest BCUT2D eigenvalue weighted by molar-refractivity contribution is -0.128. The zero-order valence-corrected chi connectivity index (χ0v) is 11.1. The molecule has 0 radical (unpaired) electrons. The molecular formula is C12H12N4O2S. The van der Waals surface area contributed by atoms with Crippen LogP contribution in [0.15, 0.2) is 30.8 Å². The van der Waals surface area contributed by atoms with Crippen molar-refractivity contribution in [2.24, 2.45) is 7.05 Å². The van der Waals surface area contributed by atoms with Gasteiger partial charge in [0.15, 0.2) is 5.11 Å². The standard InChI is InChI=1S/C12H12N4O2S/c1-3-4-16-11(18)9(10(17)14-12(16)19)5-8-6-13-7-15(8)2/h3,5-7H,1,4H2,2H3,(H,14,17,19). The molecule has 2 rings (SSSR count). The van der Waals surface area contributed by atoms with Crippen molar-refractivity contribution in [3.8, 4) is 0 Å². The summed E-state index contributed by atoms with van der Waals surface area (Å²) in [6.45, 7) is 3.81. The molecule has 0 saturated carbocycles. The molecule has 0 aromatic carbocycles. The smallest absolute Gasteiger partial charge is 0.266 e. The third kappa shape index (κ3) is 2.45. The van der Waals surface area contributed by atoms with Crippen LogP contribution in [0.5, 0.6) is 0 Å². The number of carbonyl (C=O) groups excluding carboxylic acids is 2. The Labute approximate surface area is 115 Å². The van der Waals surface area contributed by atoms with Crippen molar-refractivity contribution in [3.63, 3.8) is 0 Å². The van der Waals surface area contributed by atoms with Gasteiger partial charge in [-0.05, 0) is 18.3 Å². The predicted octanol–water partition coefficient (Wildman–Crippen LogP) is 0.233. The van der Waals surface area contributed by atoms with E-state index in [1.54, 1.807) is 30.2 Å². The Morgan fingerprint density at radius 1 is 1.53 bits per heavy atom. The summed E-state index contributed by atoms with van der Waals surface area (Å²) in [7, 11) is 1.77. The minimum Gasteiger partial charge on any atom is -0.334 e. The molecule has 1 aliphatic heterocycles. The number of aromatic nitrogens is 2. The van der Waals surface area contributed by atoms with Gasteiger partial charge in [-0.1, -0.05) is 6.08 Å². The van der Waals surface area contributed by atoms with Crippen molar-refractivity contribution in [1.29, 1.82) is 0 Å². The van der Waals surface area contributed by atoms with E-state index in [1.165, 1.54) is 11.0 Å². The van der Waals surface area contributed by atoms with Crippen LogP contribution in [-0.2, 0) is 16.6 Å². The Balaban J connectivity index is 2.39. The van der Waals surface area contributed by atoms with E-state index in [4.69, 9.17) is 12.2 Å². The molecule has 1 aliphatic rings. The third-order valence-corrected chi connectivity index (χ3v) is 2.97. The normalized spacial score (nSPS) is 17.8. The first kappa shape index (κ1) is 13.2. The van der Waals surface area contributed by atoms with Crippen LogP contribution in [0.4, 0.5) is 0 Å². The highest BCUT2D eigenvalue weighted by atomic mass is 32.1. The van der Waals surface area contributed by atoms with E-state index in [-0.39, 0.29) is 17.2 Å². The molecule has 0 aliphatic carbocycles. The number of rotatable bonds is 3. The molecule has 1 aromatic heterocycles. The van der Waals surface area contributed by atoms with Gasteiger partial charge in [-0.3, -0.25) is 19.8 Å². The van der Waals surface area contributed by atoms with E-state index in [2.05, 4.69) is 16.9 Å². The molecule has 0 bridgehead atoms. The summed E-state index contributed by atoms with van der Waals surface area (Å²) < 4.78 is 1.71. The first-order valence-electron chi connectivity index (χ1n) is 5.50. The number of imidazole rings is 1. The van der Waals surface area contributed by atoms with Crippen molar-refractivity contribution in [2.75, 3.05) is 6.54 Å². The number of nitrogens with zero attached hydrogens (tertiary/aromatic N) is 3. The molecule has 19 heavy (non-hydrogen) atoms. The summed E-state index contributed by atoms with van der Waals surface area (Å²) >= 11 is 4.95. The van der Waals surface area contributed by atoms with Gasteiger partial charge < -0.3 is 4.57 Å². The maximum atomic E-state index is 12.2. The number of nitrogens with one attached hydrogen (secondary N) is 1. The van der Waals surface area contributed by atoms with Crippen LogP contribution >= 0.6 is 12.2 Å². The van der Waals surface area contributed by atoms with Gasteiger partial charge in [-0.2, -0.15) is 0 Å². The number of carbonyl (C=O) groups is 2. The lowest BCUT2D eigenvalue weighted by Gasteiger charge is -2.27. The number of aryl methyl sites for hydroxylation is 1. The van der Waals surface area contributed by atoms with Crippen LogP contribution in [0.3, 0.4) is 0 Å². The Hall–Kier alpha value is -2.28. The van der Waals surface area contributed by atoms with Gasteiger partial charge in [0.05, 0.1) is 18.2 Å². The van der Waals surface area contributed by atoms with Crippen molar-refractivity contribution in [1.82, 2.24) is 19.8 Å². The largest absolute Gasteiger partial charge is 0.334 e. The third-order valence-electron chi connectivity index (χ3n) is 2.64. The molecule has 1 N–H and O–H groups in total. The van der Waals surface area contributed by atoms with Gasteiger partial charge in [-0.15, -0.1) is 6.58 Å². The van der Waals surface area contributed by atoms with Crippen molar-refractivity contribution < 1.29 is 9.59 Å². The van der Waals surface area contributed by atoms with Gasteiger partial charge in [0.25, 0.3) is 11.8 Å². The Kier molecular flexibility index (Phi) is 3.57. The summed E-state index contributed by atoms with van der Waals surface area (Å²) in [6.07, 6.45) is 6.19. The minimum atomic E-state index is -0.503. The number of hydrogen-bond acceptors (Lipinski definition) is 4. The average Bonchev–Trinajstić information content (AvgIpc) is 2.76. The molecule has 1 fully saturated rings. The molecule has 0 atom stereocenters. The fraction of sp³-hybridized carbons (Fsp3) is 0.167. The van der Waals surface area contributed by atoms with E-state index < -0.39 is 11.8 Å². The minimum absolute atomic E-state index is 0.0269. The second kappa shape index (κ2) is 5.15. The van der Waals surface area contributed by atoms with E-state index >= 15 is 0 Å². The molecule has 0 unspecified atom stereocenters. The summed E-state index contributed by atoms with van der Waals surface area (Å²) in [4.78, 5) is 29.2. The van der Waals surface area contributed by atoms with Crippen LogP contribution in [0.25, 0.3) is 6.08 Å². The Morgan fingerprint density at radius 2 is 2.26 bits per heavy atom. The molecule has 98 valence electrons. The van der Waals surface area contributed by atoms with Crippen molar-refractivity contribution >= 4 is 35.2 Å². The van der Waals surface area contributed by atoms with Gasteiger partial charge in [0.2, 0.25) is 0 Å². The highest BCUT2D eigenvalue weighted by molar-refractivity contribution is 7.80. The Morgan fingerprint density at radius 3 is 2.84 bits per heavy atom. The SMILES string of the molecule is C=CCN1C(=O)C(=Cc2cncn2C)C(=O)NC1=S. The molecule has 2 amide bonds. The second-order valence-electron chi connectivity index (χ2n) is 3.95. The summed E-state index contributed by atoms with van der Waals surface area (Å²) in [5, 5.41) is 2.57. The van der Waals surface area contributed by atoms with Crippen LogP contribution in [0.2, 0.25) is 0 Å². The van der Waals surface area contributed by atoms with Crippen LogP contribution in [0.1, 0.15) is 5.69 Å². The zero-order chi connectivity index (χ0) is 14.0. The highest BCUT2D eigenvalue weighted by Gasteiger charge is 2.32. The van der Waals surface area contributed by atoms with Crippen molar-refractivity contribution in [3.05, 3.63) is 36.4 Å². The van der Waals surface area contributed by atoms with Crippen molar-refractivity contribution in [2.45, 2.75) is 0 Å². The monoisotopic (exact) mass is 276 g/mol. The molecule has 1 aromatic rings. The van der Waals surface area contributed by atoms with Gasteiger partial charge in [0, 0.05) is 13.6 Å². The molecular weight excluding hydrogens is 264 g/mol. The summed E-state index contributed by atoms with van der Waals surface area (Å²) in [6, 6.07) is 0. The number of hydrogen-bond donors (Lipinski definition) is 1. The first-order valence-corrected chi connectivity index (χ1v) is 5.91. The molecule has 6 nitrogen and oxygen atoms in total. The van der Waals surface area contributed by atoms with E-state index in [9.17, 15) is 9.59 Å². The molecule has 1 saturated heterocycles. The van der Waals surface area contributed by atoms with Gasteiger partial charge in [0.1, 0.15) is 5.57 Å². The number of amides is 2. The fourth-order valence-corrected chi connectivity index (χ4v) is 1.89. The average molecular weight is 276 g/mol. The quantitative estimate of drug-likeness (QED) is 0.371. The van der Waals surface area contributed by atoms with E-state index in [0.29, 0.717) is 5.69 Å². The van der Waals surface area contributed by atoms with Crippen LogP contribution in [0, 0.1) is 0 Å². The summed E-state index contributed by atoms with van der Waals surface area (Å²) in [5.74, 6) is -0.939. The van der Waals surface area contributed by atoms with Gasteiger partial charge in [-0.25, -0.2) is 4.98 Å². The fourth-order valence-electron chi connectivity index (χ4n) is 1.64. The molecule has 0 spiro atoms. The maximum Gasteiger partial charge on any atom is 0.266 e. The summed E-state index contributed by atoms with van der Waals surface area (Å²) in [5.41, 5.74) is 0.684. The number of thiocarbonyl (C=S) groups is 1. The van der Waals surface area contributed by atoms with E-state index in [0.717, 1.165) is 0 Å². The lowest BCUT2D eigenvalue weighted by Crippen LogP contribution is -2.53. The second-order valence-corrected chi connectivity index (χ2v) is 4.34. The maximum absolute atomic E-state index is 12.2. The predicted molar refractivity (Wildman–Crippen MR) is 73.8 cm³/mol. The lowest BCUT2D eigenvalue weighted by atomic mass is 10.1. The highest BCUT2D eigenvalue weighted by Crippen LogP contribution is 2.13. The van der Waals surface area contributed by atoms with Crippen LogP contribution in [-0.4, -0.2) is 37.9 Å². The van der Waals surface area contributed by atoms with E-state index in [1.807, 2.05) is 0 Å². The Bertz CT molecular complexity index is 603. The first-order chi connectivity index (χ1) is 9.04. The zero-order valence-electron chi connectivity index (χ0n) is 10.3. The van der Waals surface area contributed by atoms with Gasteiger partial charge >= 0.3 is 0 Å². The molecule has 2 heterocycles. The van der Waals surface area contributed by atoms with Crippen LogP contribution < -0.4 is 5.32 Å². The topological polar surface area (TPSA) is 67.2 Å². The molecule has 7 heteroatoms.